The molecular formula is C30H34F3N2O4-. The number of carbonyl (C=O) groups is 2. The number of halogens is 3. The van der Waals surface area contributed by atoms with Gasteiger partial charge < -0.3 is 24.4 Å². The van der Waals surface area contributed by atoms with Gasteiger partial charge in [-0.25, -0.2) is 0 Å². The summed E-state index contributed by atoms with van der Waals surface area (Å²) in [5.74, 6) is -0.466. The van der Waals surface area contributed by atoms with Gasteiger partial charge in [-0.1, -0.05) is 32.0 Å². The average molecular weight is 544 g/mol. The molecule has 0 N–H and O–H groups in total. The number of benzene rings is 2. The molecule has 1 amide bonds. The minimum atomic E-state index is -4.46. The molecule has 2 fully saturated rings. The number of piperidine rings is 1. The lowest BCUT2D eigenvalue weighted by atomic mass is 9.74. The number of carbonyl (C=O) groups excluding carboxylic acids is 2. The number of hydrogen-bond donors (Lipinski definition) is 0. The Kier molecular flexibility index (Phi) is 7.39. The Balaban J connectivity index is 1.25. The number of ether oxygens (including phenoxy) is 1. The number of nitrogens with zero attached hydrogens (tertiary/aromatic N) is 2. The first-order valence-corrected chi connectivity index (χ1v) is 13.7. The highest BCUT2D eigenvalue weighted by Gasteiger charge is 2.51. The summed E-state index contributed by atoms with van der Waals surface area (Å²) in [6.07, 6.45) is -0.309. The number of fused-ring (bicyclic) bond motifs is 1. The molecule has 0 spiro atoms. The van der Waals surface area contributed by atoms with Crippen molar-refractivity contribution in [2.24, 2.45) is 11.3 Å². The maximum absolute atomic E-state index is 14.0. The molecule has 2 aromatic carbocycles. The molecule has 2 heterocycles. The van der Waals surface area contributed by atoms with E-state index in [1.165, 1.54) is 6.07 Å². The van der Waals surface area contributed by atoms with Crippen molar-refractivity contribution in [2.75, 3.05) is 19.8 Å². The molecule has 2 atom stereocenters. The first-order chi connectivity index (χ1) is 18.5. The van der Waals surface area contributed by atoms with Crippen LogP contribution in [-0.4, -0.2) is 47.5 Å². The van der Waals surface area contributed by atoms with E-state index in [0.29, 0.717) is 17.7 Å². The van der Waals surface area contributed by atoms with Crippen molar-refractivity contribution in [3.05, 3.63) is 64.7 Å². The van der Waals surface area contributed by atoms with Gasteiger partial charge in [-0.2, -0.15) is 13.2 Å². The van der Waals surface area contributed by atoms with E-state index in [1.54, 1.807) is 23.1 Å². The van der Waals surface area contributed by atoms with Crippen LogP contribution in [0.4, 0.5) is 13.2 Å². The third-order valence-corrected chi connectivity index (χ3v) is 9.11. The third-order valence-electron chi connectivity index (χ3n) is 9.11. The maximum Gasteiger partial charge on any atom is 0.416 e. The molecule has 1 saturated carbocycles. The van der Waals surface area contributed by atoms with Crippen molar-refractivity contribution in [1.82, 2.24) is 9.80 Å². The monoisotopic (exact) mass is 543 g/mol. The van der Waals surface area contributed by atoms with Gasteiger partial charge in [0.05, 0.1) is 23.5 Å². The lowest BCUT2D eigenvalue weighted by Crippen LogP contribution is -2.49. The molecule has 3 aliphatic rings. The average Bonchev–Trinajstić information content (AvgIpc) is 3.39. The van der Waals surface area contributed by atoms with Crippen LogP contribution in [0.25, 0.3) is 0 Å². The van der Waals surface area contributed by atoms with E-state index in [2.05, 4.69) is 18.7 Å². The Morgan fingerprint density at radius 1 is 1.08 bits per heavy atom. The van der Waals surface area contributed by atoms with Crippen molar-refractivity contribution in [3.8, 4) is 5.75 Å². The van der Waals surface area contributed by atoms with E-state index >= 15 is 0 Å². The highest BCUT2D eigenvalue weighted by Crippen LogP contribution is 2.49. The van der Waals surface area contributed by atoms with Gasteiger partial charge in [0.2, 0.25) is 5.91 Å². The van der Waals surface area contributed by atoms with Crippen LogP contribution >= 0.6 is 0 Å². The van der Waals surface area contributed by atoms with Crippen LogP contribution in [0.3, 0.4) is 0 Å². The largest absolute Gasteiger partial charge is 0.545 e. The van der Waals surface area contributed by atoms with E-state index in [1.807, 2.05) is 6.07 Å². The van der Waals surface area contributed by atoms with Crippen LogP contribution in [0.1, 0.15) is 78.9 Å². The molecule has 1 saturated heterocycles. The second kappa shape index (κ2) is 10.5. The van der Waals surface area contributed by atoms with Crippen LogP contribution < -0.4 is 9.84 Å². The van der Waals surface area contributed by atoms with Crippen LogP contribution in [0.2, 0.25) is 0 Å². The minimum Gasteiger partial charge on any atom is -0.545 e. The Bertz CT molecular complexity index is 1240. The first-order valence-electron chi connectivity index (χ1n) is 13.7. The molecule has 0 aromatic heterocycles. The predicted molar refractivity (Wildman–Crippen MR) is 137 cm³/mol. The standard InChI is InChI=1S/C30H35F3N2O4/c1-19(2)29(28(38)35-17-23-15-24(30(31,32)33)6-7-26(23)39-18-35)11-8-25(16-29)34-12-9-20(10-13-34)21-4-3-5-22(14-21)27(36)37/h3-7,14-15,19-20,25H,8-13,16-18H2,1-2H3,(H,36,37)/p-1/t25-,29-/m0/s1. The molecular weight excluding hydrogens is 509 g/mol. The maximum atomic E-state index is 14.0. The Morgan fingerprint density at radius 3 is 2.49 bits per heavy atom. The van der Waals surface area contributed by atoms with E-state index < -0.39 is 23.1 Å². The lowest BCUT2D eigenvalue weighted by molar-refractivity contribution is -0.255. The Morgan fingerprint density at radius 2 is 1.82 bits per heavy atom. The number of alkyl halides is 3. The molecule has 2 aromatic rings. The van der Waals surface area contributed by atoms with Crippen LogP contribution in [0, 0.1) is 11.3 Å². The van der Waals surface area contributed by atoms with Gasteiger partial charge in [0, 0.05) is 11.6 Å². The highest BCUT2D eigenvalue weighted by molar-refractivity contribution is 5.86. The molecule has 5 rings (SSSR count). The zero-order chi connectivity index (χ0) is 27.9. The summed E-state index contributed by atoms with van der Waals surface area (Å²) in [6.45, 7) is 5.98. The fourth-order valence-electron chi connectivity index (χ4n) is 6.71. The zero-order valence-corrected chi connectivity index (χ0v) is 22.3. The van der Waals surface area contributed by atoms with Gasteiger partial charge >= 0.3 is 6.18 Å². The third kappa shape index (κ3) is 5.38. The molecule has 210 valence electrons. The number of carboxylic acid groups (broad SMARTS) is 1. The van der Waals surface area contributed by atoms with Crippen molar-refractivity contribution >= 4 is 11.9 Å². The summed E-state index contributed by atoms with van der Waals surface area (Å²) in [7, 11) is 0. The summed E-state index contributed by atoms with van der Waals surface area (Å²) in [4.78, 5) is 29.2. The highest BCUT2D eigenvalue weighted by atomic mass is 19.4. The van der Waals surface area contributed by atoms with Crippen molar-refractivity contribution < 1.29 is 32.6 Å². The number of likely N-dealkylation sites (tertiary alicyclic amines) is 1. The van der Waals surface area contributed by atoms with Gasteiger partial charge in [-0.05, 0) is 92.4 Å². The van der Waals surface area contributed by atoms with E-state index in [9.17, 15) is 27.9 Å². The molecule has 39 heavy (non-hydrogen) atoms. The topological polar surface area (TPSA) is 72.9 Å². The van der Waals surface area contributed by atoms with Crippen molar-refractivity contribution in [1.29, 1.82) is 0 Å². The molecule has 0 radical (unpaired) electrons. The predicted octanol–water partition coefficient (Wildman–Crippen LogP) is 4.82. The van der Waals surface area contributed by atoms with Crippen molar-refractivity contribution in [2.45, 2.75) is 70.6 Å². The second-order valence-electron chi connectivity index (χ2n) is 11.5. The summed E-state index contributed by atoms with van der Waals surface area (Å²) in [5.41, 5.74) is 0.266. The van der Waals surface area contributed by atoms with Gasteiger partial charge in [-0.3, -0.25) is 4.79 Å². The van der Waals surface area contributed by atoms with Gasteiger partial charge in [0.1, 0.15) is 5.75 Å². The fraction of sp³-hybridized carbons (Fsp3) is 0.533. The van der Waals surface area contributed by atoms with E-state index in [-0.39, 0.29) is 42.6 Å². The summed E-state index contributed by atoms with van der Waals surface area (Å²) < 4.78 is 45.5. The number of amides is 1. The summed E-state index contributed by atoms with van der Waals surface area (Å²) >= 11 is 0. The molecule has 6 nitrogen and oxygen atoms in total. The van der Waals surface area contributed by atoms with Gasteiger partial charge in [-0.15, -0.1) is 0 Å². The second-order valence-corrected chi connectivity index (χ2v) is 11.5. The number of hydrogen-bond acceptors (Lipinski definition) is 5. The van der Waals surface area contributed by atoms with Crippen molar-refractivity contribution in [3.63, 3.8) is 0 Å². The lowest BCUT2D eigenvalue weighted by Gasteiger charge is -2.41. The first kappa shape index (κ1) is 27.5. The molecule has 0 unspecified atom stereocenters. The van der Waals surface area contributed by atoms with E-state index in [0.717, 1.165) is 56.5 Å². The zero-order valence-electron chi connectivity index (χ0n) is 22.3. The normalized spacial score (nSPS) is 24.5. The SMILES string of the molecule is CC(C)[C@]1(C(=O)N2COc3ccc(C(F)(F)F)cc3C2)CC[C@H](N2CCC(c3cccc(C(=O)[O-])c3)CC2)C1. The summed E-state index contributed by atoms with van der Waals surface area (Å²) in [6, 6.07) is 10.7. The van der Waals surface area contributed by atoms with Crippen LogP contribution in [-0.2, 0) is 17.5 Å². The number of carboxylic acids is 1. The number of aromatic carboxylic acids is 1. The molecule has 9 heteroatoms. The Hall–Kier alpha value is -3.07. The molecule has 2 aliphatic heterocycles. The van der Waals surface area contributed by atoms with Crippen LogP contribution in [0.15, 0.2) is 42.5 Å². The van der Waals surface area contributed by atoms with Crippen LogP contribution in [0.5, 0.6) is 5.75 Å². The van der Waals surface area contributed by atoms with E-state index in [4.69, 9.17) is 4.74 Å². The number of rotatable bonds is 5. The molecule has 1 aliphatic carbocycles. The Labute approximate surface area is 226 Å². The molecule has 0 bridgehead atoms. The smallest absolute Gasteiger partial charge is 0.416 e. The quantitative estimate of drug-likeness (QED) is 0.541. The minimum absolute atomic E-state index is 0.0344. The van der Waals surface area contributed by atoms with Gasteiger partial charge in [0.15, 0.2) is 6.73 Å². The fourth-order valence-corrected chi connectivity index (χ4v) is 6.71. The van der Waals surface area contributed by atoms with Gasteiger partial charge in [0.25, 0.3) is 0 Å². The summed E-state index contributed by atoms with van der Waals surface area (Å²) in [5, 5.41) is 11.3.